The zero-order valence-electron chi connectivity index (χ0n) is 14.4. The minimum Gasteiger partial charge on any atom is -0.465 e. The van der Waals surface area contributed by atoms with Crippen LogP contribution in [0.15, 0.2) is 34.9 Å². The summed E-state index contributed by atoms with van der Waals surface area (Å²) in [6, 6.07) is 8.00. The van der Waals surface area contributed by atoms with Gasteiger partial charge in [0.2, 0.25) is 5.91 Å². The van der Waals surface area contributed by atoms with E-state index in [0.717, 1.165) is 35.9 Å². The van der Waals surface area contributed by atoms with Crippen molar-refractivity contribution in [2.75, 3.05) is 19.6 Å². The summed E-state index contributed by atoms with van der Waals surface area (Å²) in [6.45, 7) is 6.58. The van der Waals surface area contributed by atoms with Crippen molar-refractivity contribution >= 4 is 5.91 Å². The van der Waals surface area contributed by atoms with Gasteiger partial charge >= 0.3 is 0 Å². The van der Waals surface area contributed by atoms with E-state index in [0.29, 0.717) is 13.0 Å². The van der Waals surface area contributed by atoms with Crippen LogP contribution in [0.1, 0.15) is 41.7 Å². The molecule has 1 aliphatic heterocycles. The highest BCUT2D eigenvalue weighted by Crippen LogP contribution is 2.26. The summed E-state index contributed by atoms with van der Waals surface area (Å²) in [6.07, 6.45) is 4.54. The molecule has 3 rings (SSSR count). The number of hydrogen-bond acceptors (Lipinski definition) is 4. The molecule has 5 nitrogen and oxygen atoms in total. The predicted molar refractivity (Wildman–Crippen MR) is 92.7 cm³/mol. The number of aryl methyl sites for hydroxylation is 2. The molecule has 2 aromatic rings. The molecule has 1 unspecified atom stereocenters. The van der Waals surface area contributed by atoms with Gasteiger partial charge in [-0.15, -0.1) is 0 Å². The summed E-state index contributed by atoms with van der Waals surface area (Å²) in [5.74, 6) is 1.87. The van der Waals surface area contributed by atoms with Gasteiger partial charge in [-0.1, -0.05) is 6.07 Å². The third-order valence-corrected chi connectivity index (χ3v) is 4.50. The van der Waals surface area contributed by atoms with E-state index < -0.39 is 0 Å². The van der Waals surface area contributed by atoms with E-state index in [-0.39, 0.29) is 11.9 Å². The van der Waals surface area contributed by atoms with Crippen LogP contribution in [0, 0.1) is 13.8 Å². The normalized spacial score (nSPS) is 16.2. The number of carbonyl (C=O) groups is 1. The summed E-state index contributed by atoms with van der Waals surface area (Å²) in [7, 11) is 0. The molecule has 0 bridgehead atoms. The topological polar surface area (TPSA) is 58.4 Å². The van der Waals surface area contributed by atoms with Crippen molar-refractivity contribution < 1.29 is 9.21 Å². The van der Waals surface area contributed by atoms with Crippen molar-refractivity contribution in [2.24, 2.45) is 0 Å². The molecule has 1 aliphatic rings. The molecular formula is C19H25N3O2. The van der Waals surface area contributed by atoms with E-state index >= 15 is 0 Å². The van der Waals surface area contributed by atoms with Crippen molar-refractivity contribution in [3.8, 4) is 0 Å². The number of aromatic nitrogens is 1. The quantitative estimate of drug-likeness (QED) is 0.886. The molecular weight excluding hydrogens is 302 g/mol. The number of furan rings is 1. The minimum absolute atomic E-state index is 0.0214. The number of carbonyl (C=O) groups excluding carboxylic acids is 1. The third kappa shape index (κ3) is 4.23. The fourth-order valence-electron chi connectivity index (χ4n) is 3.16. The number of hydrogen-bond donors (Lipinski definition) is 1. The summed E-state index contributed by atoms with van der Waals surface area (Å²) < 4.78 is 5.82. The Morgan fingerprint density at radius 3 is 2.67 bits per heavy atom. The number of pyridine rings is 1. The van der Waals surface area contributed by atoms with Crippen molar-refractivity contribution in [3.63, 3.8) is 0 Å². The summed E-state index contributed by atoms with van der Waals surface area (Å²) in [5, 5.41) is 3.06. The zero-order chi connectivity index (χ0) is 16.9. The number of likely N-dealkylation sites (tertiary alicyclic amines) is 1. The first-order chi connectivity index (χ1) is 11.6. The van der Waals surface area contributed by atoms with Gasteiger partial charge in [0.25, 0.3) is 0 Å². The van der Waals surface area contributed by atoms with Gasteiger partial charge in [-0.25, -0.2) is 0 Å². The Kier molecular flexibility index (Phi) is 5.30. The Morgan fingerprint density at radius 2 is 2.04 bits per heavy atom. The van der Waals surface area contributed by atoms with Crippen LogP contribution in [0.25, 0.3) is 0 Å². The first-order valence-corrected chi connectivity index (χ1v) is 8.60. The molecule has 1 fully saturated rings. The number of nitrogens with one attached hydrogen (secondary N) is 1. The van der Waals surface area contributed by atoms with Gasteiger partial charge in [0.1, 0.15) is 11.5 Å². The molecule has 0 aliphatic carbocycles. The van der Waals surface area contributed by atoms with Crippen molar-refractivity contribution in [1.29, 1.82) is 0 Å². The van der Waals surface area contributed by atoms with Crippen LogP contribution in [-0.2, 0) is 11.2 Å². The van der Waals surface area contributed by atoms with Gasteiger partial charge in [-0.3, -0.25) is 14.7 Å². The van der Waals surface area contributed by atoms with Crippen LogP contribution in [-0.4, -0.2) is 35.4 Å². The van der Waals surface area contributed by atoms with E-state index in [2.05, 4.69) is 15.2 Å². The maximum absolute atomic E-state index is 12.3. The highest BCUT2D eigenvalue weighted by molar-refractivity contribution is 5.78. The van der Waals surface area contributed by atoms with Crippen LogP contribution >= 0.6 is 0 Å². The van der Waals surface area contributed by atoms with Crippen molar-refractivity contribution in [2.45, 2.75) is 39.2 Å². The number of amides is 1. The lowest BCUT2D eigenvalue weighted by molar-refractivity contribution is -0.120. The Bertz CT molecular complexity index is 672. The molecule has 0 radical (unpaired) electrons. The molecule has 5 heteroatoms. The molecule has 24 heavy (non-hydrogen) atoms. The lowest BCUT2D eigenvalue weighted by Gasteiger charge is -2.26. The standard InChI is InChI=1S/C19H25N3O2/c1-14-5-7-16(12-20-14)11-19(23)21-13-17(22-9-3-4-10-22)18-8-6-15(2)24-18/h5-8,12,17H,3-4,9-11,13H2,1-2H3,(H,21,23). The van der Waals surface area contributed by atoms with E-state index in [4.69, 9.17) is 4.42 Å². The van der Waals surface area contributed by atoms with E-state index in [1.807, 2.05) is 38.1 Å². The lowest BCUT2D eigenvalue weighted by atomic mass is 10.1. The molecule has 1 atom stereocenters. The first kappa shape index (κ1) is 16.7. The first-order valence-electron chi connectivity index (χ1n) is 8.60. The van der Waals surface area contributed by atoms with Gasteiger partial charge in [0, 0.05) is 18.4 Å². The predicted octanol–water partition coefficient (Wildman–Crippen LogP) is 2.79. The Balaban J connectivity index is 1.60. The van der Waals surface area contributed by atoms with Gasteiger partial charge < -0.3 is 9.73 Å². The molecule has 128 valence electrons. The second kappa shape index (κ2) is 7.62. The average Bonchev–Trinajstić information content (AvgIpc) is 3.22. The molecule has 2 aromatic heterocycles. The summed E-state index contributed by atoms with van der Waals surface area (Å²) >= 11 is 0. The maximum Gasteiger partial charge on any atom is 0.224 e. The monoisotopic (exact) mass is 327 g/mol. The fourth-order valence-corrected chi connectivity index (χ4v) is 3.16. The van der Waals surface area contributed by atoms with Gasteiger partial charge in [0.15, 0.2) is 0 Å². The molecule has 1 saturated heterocycles. The zero-order valence-corrected chi connectivity index (χ0v) is 14.4. The molecule has 3 heterocycles. The fraction of sp³-hybridized carbons (Fsp3) is 0.474. The molecule has 1 amide bonds. The number of rotatable bonds is 6. The molecule has 0 spiro atoms. The van der Waals surface area contributed by atoms with E-state index in [1.54, 1.807) is 6.20 Å². The highest BCUT2D eigenvalue weighted by Gasteiger charge is 2.26. The summed E-state index contributed by atoms with van der Waals surface area (Å²) in [4.78, 5) is 18.9. The van der Waals surface area contributed by atoms with Gasteiger partial charge in [-0.05, 0) is 63.5 Å². The second-order valence-electron chi connectivity index (χ2n) is 6.50. The van der Waals surface area contributed by atoms with Crippen LogP contribution in [0.4, 0.5) is 0 Å². The van der Waals surface area contributed by atoms with Crippen LogP contribution in [0.2, 0.25) is 0 Å². The smallest absolute Gasteiger partial charge is 0.224 e. The highest BCUT2D eigenvalue weighted by atomic mass is 16.3. The SMILES string of the molecule is Cc1ccc(CC(=O)NCC(c2ccc(C)o2)N2CCCC2)cn1. The van der Waals surface area contributed by atoms with E-state index in [1.165, 1.54) is 12.8 Å². The van der Waals surface area contributed by atoms with Crippen LogP contribution in [0.5, 0.6) is 0 Å². The molecule has 0 aromatic carbocycles. The van der Waals surface area contributed by atoms with Gasteiger partial charge in [-0.2, -0.15) is 0 Å². The third-order valence-electron chi connectivity index (χ3n) is 4.50. The largest absolute Gasteiger partial charge is 0.465 e. The Morgan fingerprint density at radius 1 is 1.25 bits per heavy atom. The van der Waals surface area contributed by atoms with Crippen LogP contribution in [0.3, 0.4) is 0 Å². The molecule has 0 saturated carbocycles. The summed E-state index contributed by atoms with van der Waals surface area (Å²) in [5.41, 5.74) is 1.89. The lowest BCUT2D eigenvalue weighted by Crippen LogP contribution is -2.37. The molecule has 1 N–H and O–H groups in total. The van der Waals surface area contributed by atoms with E-state index in [9.17, 15) is 4.79 Å². The number of nitrogens with zero attached hydrogens (tertiary/aromatic N) is 2. The Labute approximate surface area is 143 Å². The minimum atomic E-state index is 0.0214. The Hall–Kier alpha value is -2.14. The second-order valence-corrected chi connectivity index (χ2v) is 6.50. The van der Waals surface area contributed by atoms with Gasteiger partial charge in [0.05, 0.1) is 12.5 Å². The van der Waals surface area contributed by atoms with Crippen LogP contribution < -0.4 is 5.32 Å². The average molecular weight is 327 g/mol. The maximum atomic E-state index is 12.3. The van der Waals surface area contributed by atoms with Crippen molar-refractivity contribution in [1.82, 2.24) is 15.2 Å². The van der Waals surface area contributed by atoms with Crippen molar-refractivity contribution in [3.05, 3.63) is 53.2 Å².